The normalized spacial score (nSPS) is 32.5. The van der Waals surface area contributed by atoms with Crippen LogP contribution in [0.4, 0.5) is 0 Å². The molecule has 1 saturated heterocycles. The van der Waals surface area contributed by atoms with Crippen molar-refractivity contribution in [2.75, 3.05) is 20.1 Å². The Morgan fingerprint density at radius 1 is 1.35 bits per heavy atom. The SMILES string of the molecule is CNCC1C(=O)NCC(C)N1C1CCCCC1. The van der Waals surface area contributed by atoms with Crippen molar-refractivity contribution in [1.82, 2.24) is 15.5 Å². The molecular formula is C13H25N3O. The van der Waals surface area contributed by atoms with E-state index in [1.807, 2.05) is 7.05 Å². The number of likely N-dealkylation sites (N-methyl/N-ethyl adjacent to an activating group) is 1. The zero-order chi connectivity index (χ0) is 12.3. The van der Waals surface area contributed by atoms with E-state index in [0.717, 1.165) is 13.1 Å². The van der Waals surface area contributed by atoms with E-state index < -0.39 is 0 Å². The lowest BCUT2D eigenvalue weighted by atomic mass is 9.91. The minimum Gasteiger partial charge on any atom is -0.353 e. The molecule has 0 aromatic rings. The fourth-order valence-electron chi connectivity index (χ4n) is 3.30. The molecule has 2 N–H and O–H groups in total. The number of nitrogens with one attached hydrogen (secondary N) is 2. The summed E-state index contributed by atoms with van der Waals surface area (Å²) in [5.74, 6) is 0.197. The molecule has 0 spiro atoms. The molecule has 1 aliphatic heterocycles. The van der Waals surface area contributed by atoms with E-state index >= 15 is 0 Å². The molecule has 1 saturated carbocycles. The average Bonchev–Trinajstić information content (AvgIpc) is 2.35. The van der Waals surface area contributed by atoms with Crippen LogP contribution in [0.1, 0.15) is 39.0 Å². The Hall–Kier alpha value is -0.610. The van der Waals surface area contributed by atoms with Crippen LogP contribution in [0, 0.1) is 0 Å². The number of amides is 1. The zero-order valence-electron chi connectivity index (χ0n) is 11.0. The van der Waals surface area contributed by atoms with Gasteiger partial charge in [-0.15, -0.1) is 0 Å². The molecule has 0 aromatic heterocycles. The van der Waals surface area contributed by atoms with Crippen molar-refractivity contribution in [2.45, 2.75) is 57.2 Å². The number of rotatable bonds is 3. The van der Waals surface area contributed by atoms with Gasteiger partial charge < -0.3 is 10.6 Å². The highest BCUT2D eigenvalue weighted by atomic mass is 16.2. The minimum absolute atomic E-state index is 0.0202. The third-order valence-electron chi connectivity index (χ3n) is 4.14. The van der Waals surface area contributed by atoms with E-state index in [1.54, 1.807) is 0 Å². The first kappa shape index (κ1) is 12.8. The number of piperazine rings is 1. The maximum absolute atomic E-state index is 12.0. The molecule has 2 atom stereocenters. The average molecular weight is 239 g/mol. The summed E-state index contributed by atoms with van der Waals surface area (Å²) in [6.07, 6.45) is 6.53. The minimum atomic E-state index is 0.0202. The van der Waals surface area contributed by atoms with E-state index in [0.29, 0.717) is 12.1 Å². The third kappa shape index (κ3) is 2.80. The molecule has 0 radical (unpaired) electrons. The molecular weight excluding hydrogens is 214 g/mol. The van der Waals surface area contributed by atoms with Gasteiger partial charge in [-0.2, -0.15) is 0 Å². The summed E-state index contributed by atoms with van der Waals surface area (Å²) in [5, 5.41) is 6.17. The van der Waals surface area contributed by atoms with Gasteiger partial charge in [0.05, 0.1) is 0 Å². The van der Waals surface area contributed by atoms with Crippen molar-refractivity contribution < 1.29 is 4.79 Å². The van der Waals surface area contributed by atoms with E-state index in [1.165, 1.54) is 32.1 Å². The van der Waals surface area contributed by atoms with E-state index in [4.69, 9.17) is 0 Å². The summed E-state index contributed by atoms with van der Waals surface area (Å²) in [6, 6.07) is 1.10. The van der Waals surface area contributed by atoms with Crippen molar-refractivity contribution in [3.05, 3.63) is 0 Å². The van der Waals surface area contributed by atoms with Gasteiger partial charge in [0, 0.05) is 25.2 Å². The van der Waals surface area contributed by atoms with Crippen LogP contribution in [-0.2, 0) is 4.79 Å². The second kappa shape index (κ2) is 5.83. The Balaban J connectivity index is 2.09. The first-order chi connectivity index (χ1) is 8.24. The first-order valence-electron chi connectivity index (χ1n) is 6.93. The quantitative estimate of drug-likeness (QED) is 0.763. The number of hydrogen-bond donors (Lipinski definition) is 2. The van der Waals surface area contributed by atoms with Gasteiger partial charge in [-0.05, 0) is 26.8 Å². The topological polar surface area (TPSA) is 44.4 Å². The summed E-state index contributed by atoms with van der Waals surface area (Å²) < 4.78 is 0. The zero-order valence-corrected chi connectivity index (χ0v) is 11.0. The monoisotopic (exact) mass is 239 g/mol. The Morgan fingerprint density at radius 2 is 2.06 bits per heavy atom. The predicted molar refractivity (Wildman–Crippen MR) is 68.9 cm³/mol. The summed E-state index contributed by atoms with van der Waals surface area (Å²) in [5.41, 5.74) is 0. The largest absolute Gasteiger partial charge is 0.353 e. The van der Waals surface area contributed by atoms with Crippen LogP contribution in [0.25, 0.3) is 0 Å². The summed E-state index contributed by atoms with van der Waals surface area (Å²) >= 11 is 0. The molecule has 4 heteroatoms. The number of carbonyl (C=O) groups is 1. The summed E-state index contributed by atoms with van der Waals surface area (Å²) in [4.78, 5) is 14.5. The van der Waals surface area contributed by atoms with Crippen LogP contribution in [0.2, 0.25) is 0 Å². The molecule has 2 rings (SSSR count). The summed E-state index contributed by atoms with van der Waals surface area (Å²) in [6.45, 7) is 3.79. The van der Waals surface area contributed by atoms with Crippen molar-refractivity contribution in [3.63, 3.8) is 0 Å². The molecule has 98 valence electrons. The smallest absolute Gasteiger partial charge is 0.238 e. The maximum atomic E-state index is 12.0. The molecule has 1 amide bonds. The lowest BCUT2D eigenvalue weighted by Gasteiger charge is -2.46. The highest BCUT2D eigenvalue weighted by Crippen LogP contribution is 2.27. The number of carbonyl (C=O) groups excluding carboxylic acids is 1. The fourth-order valence-corrected chi connectivity index (χ4v) is 3.30. The maximum Gasteiger partial charge on any atom is 0.238 e. The van der Waals surface area contributed by atoms with Crippen LogP contribution in [0.15, 0.2) is 0 Å². The van der Waals surface area contributed by atoms with Crippen molar-refractivity contribution in [3.8, 4) is 0 Å². The Kier molecular flexibility index (Phi) is 4.40. The van der Waals surface area contributed by atoms with Gasteiger partial charge >= 0.3 is 0 Å². The van der Waals surface area contributed by atoms with Gasteiger partial charge in [-0.3, -0.25) is 9.69 Å². The van der Waals surface area contributed by atoms with E-state index in [2.05, 4.69) is 22.5 Å². The second-order valence-electron chi connectivity index (χ2n) is 5.41. The van der Waals surface area contributed by atoms with Gasteiger partial charge in [-0.25, -0.2) is 0 Å². The van der Waals surface area contributed by atoms with Crippen LogP contribution >= 0.6 is 0 Å². The molecule has 0 aromatic carbocycles. The van der Waals surface area contributed by atoms with Gasteiger partial charge in [0.15, 0.2) is 0 Å². The van der Waals surface area contributed by atoms with Crippen LogP contribution in [0.5, 0.6) is 0 Å². The van der Waals surface area contributed by atoms with Gasteiger partial charge in [0.1, 0.15) is 6.04 Å². The van der Waals surface area contributed by atoms with Gasteiger partial charge in [0.25, 0.3) is 0 Å². The van der Waals surface area contributed by atoms with E-state index in [9.17, 15) is 4.79 Å². The lowest BCUT2D eigenvalue weighted by molar-refractivity contribution is -0.132. The van der Waals surface area contributed by atoms with E-state index in [-0.39, 0.29) is 11.9 Å². The third-order valence-corrected chi connectivity index (χ3v) is 4.14. The Morgan fingerprint density at radius 3 is 2.71 bits per heavy atom. The fraction of sp³-hybridized carbons (Fsp3) is 0.923. The van der Waals surface area contributed by atoms with Crippen LogP contribution in [0.3, 0.4) is 0 Å². The molecule has 4 nitrogen and oxygen atoms in total. The molecule has 2 fully saturated rings. The molecule has 0 bridgehead atoms. The van der Waals surface area contributed by atoms with Crippen molar-refractivity contribution in [2.24, 2.45) is 0 Å². The van der Waals surface area contributed by atoms with Crippen molar-refractivity contribution in [1.29, 1.82) is 0 Å². The van der Waals surface area contributed by atoms with Crippen LogP contribution in [-0.4, -0.2) is 49.1 Å². The first-order valence-corrected chi connectivity index (χ1v) is 6.93. The Bertz CT molecular complexity index is 263. The molecule has 1 aliphatic carbocycles. The Labute approximate surface area is 104 Å². The highest BCUT2D eigenvalue weighted by molar-refractivity contribution is 5.83. The number of hydrogen-bond acceptors (Lipinski definition) is 3. The van der Waals surface area contributed by atoms with Gasteiger partial charge in [0.2, 0.25) is 5.91 Å². The molecule has 2 unspecified atom stereocenters. The molecule has 17 heavy (non-hydrogen) atoms. The number of nitrogens with zero attached hydrogens (tertiary/aromatic N) is 1. The summed E-state index contributed by atoms with van der Waals surface area (Å²) in [7, 11) is 1.92. The predicted octanol–water partition coefficient (Wildman–Crippen LogP) is 0.727. The van der Waals surface area contributed by atoms with Crippen molar-refractivity contribution >= 4 is 5.91 Å². The molecule has 1 heterocycles. The van der Waals surface area contributed by atoms with Gasteiger partial charge in [-0.1, -0.05) is 19.3 Å². The highest BCUT2D eigenvalue weighted by Gasteiger charge is 2.38. The standard InChI is InChI=1S/C13H25N3O/c1-10-8-15-13(17)12(9-14-2)16(10)11-6-4-3-5-7-11/h10-12,14H,3-9H2,1-2H3,(H,15,17). The second-order valence-corrected chi connectivity index (χ2v) is 5.41. The molecule has 2 aliphatic rings. The lowest BCUT2D eigenvalue weighted by Crippen LogP contribution is -2.65. The van der Waals surface area contributed by atoms with Crippen LogP contribution < -0.4 is 10.6 Å².